The number of hydrogen-bond acceptors (Lipinski definition) is 1. The molecule has 0 saturated heterocycles. The van der Waals surface area contributed by atoms with Crippen molar-refractivity contribution in [2.45, 2.75) is 45.1 Å². The van der Waals surface area contributed by atoms with E-state index in [2.05, 4.69) is 45.0 Å². The lowest BCUT2D eigenvalue weighted by molar-refractivity contribution is 0.0175. The number of benzene rings is 1. The Morgan fingerprint density at radius 3 is 2.73 bits per heavy atom. The third-order valence-corrected chi connectivity index (χ3v) is 3.85. The van der Waals surface area contributed by atoms with Crippen molar-refractivity contribution in [1.29, 1.82) is 0 Å². The fourth-order valence-corrected chi connectivity index (χ4v) is 2.72. The molecule has 0 aliphatic heterocycles. The van der Waals surface area contributed by atoms with E-state index in [0.717, 1.165) is 19.4 Å². The summed E-state index contributed by atoms with van der Waals surface area (Å²) in [7, 11) is 0. The first-order valence-electron chi connectivity index (χ1n) is 5.92. The second-order valence-electron chi connectivity index (χ2n) is 4.58. The zero-order valence-corrected chi connectivity index (χ0v) is 9.92. The van der Waals surface area contributed by atoms with Gasteiger partial charge in [-0.05, 0) is 30.9 Å². The SMILES string of the molecule is CCOC1Cc2ccccc2[C@@]1(C)CC. The predicted molar refractivity (Wildman–Crippen MR) is 63.2 cm³/mol. The largest absolute Gasteiger partial charge is 0.377 e. The molecule has 0 aromatic heterocycles. The number of rotatable bonds is 3. The Balaban J connectivity index is 2.38. The topological polar surface area (TPSA) is 9.23 Å². The van der Waals surface area contributed by atoms with Gasteiger partial charge in [-0.2, -0.15) is 0 Å². The molecule has 0 amide bonds. The van der Waals surface area contributed by atoms with Gasteiger partial charge in [-0.3, -0.25) is 0 Å². The molecule has 1 aliphatic rings. The molecule has 1 aromatic carbocycles. The summed E-state index contributed by atoms with van der Waals surface area (Å²) >= 11 is 0. The molecule has 0 saturated carbocycles. The Kier molecular flexibility index (Phi) is 2.83. The summed E-state index contributed by atoms with van der Waals surface area (Å²) in [6, 6.07) is 8.77. The molecule has 0 heterocycles. The van der Waals surface area contributed by atoms with E-state index in [1.165, 1.54) is 11.1 Å². The fourth-order valence-electron chi connectivity index (χ4n) is 2.72. The molecule has 0 fully saturated rings. The first kappa shape index (κ1) is 10.7. The lowest BCUT2D eigenvalue weighted by atomic mass is 9.80. The second-order valence-corrected chi connectivity index (χ2v) is 4.58. The maximum Gasteiger partial charge on any atom is 0.0709 e. The highest BCUT2D eigenvalue weighted by atomic mass is 16.5. The number of ether oxygens (including phenoxy) is 1. The van der Waals surface area contributed by atoms with E-state index in [-0.39, 0.29) is 5.41 Å². The zero-order chi connectivity index (χ0) is 10.9. The molecule has 1 unspecified atom stereocenters. The van der Waals surface area contributed by atoms with Gasteiger partial charge in [0.25, 0.3) is 0 Å². The minimum atomic E-state index is 0.215. The van der Waals surface area contributed by atoms with Crippen molar-refractivity contribution in [3.8, 4) is 0 Å². The van der Waals surface area contributed by atoms with Gasteiger partial charge < -0.3 is 4.74 Å². The van der Waals surface area contributed by atoms with Crippen LogP contribution in [-0.4, -0.2) is 12.7 Å². The standard InChI is InChI=1S/C14H20O/c1-4-14(3)12-9-7-6-8-11(12)10-13(14)15-5-2/h6-9,13H,4-5,10H2,1-3H3/t13?,14-/m1/s1. The maximum absolute atomic E-state index is 5.89. The highest BCUT2D eigenvalue weighted by molar-refractivity contribution is 5.41. The van der Waals surface area contributed by atoms with E-state index in [4.69, 9.17) is 4.74 Å². The molecule has 1 aliphatic carbocycles. The van der Waals surface area contributed by atoms with E-state index in [9.17, 15) is 0 Å². The highest BCUT2D eigenvalue weighted by Gasteiger charge is 2.41. The Morgan fingerprint density at radius 1 is 1.33 bits per heavy atom. The van der Waals surface area contributed by atoms with Gasteiger partial charge in [-0.25, -0.2) is 0 Å². The van der Waals surface area contributed by atoms with Gasteiger partial charge in [0, 0.05) is 12.0 Å². The minimum absolute atomic E-state index is 0.215. The average Bonchev–Trinajstić information content (AvgIpc) is 2.55. The third kappa shape index (κ3) is 1.59. The van der Waals surface area contributed by atoms with Crippen LogP contribution in [0.15, 0.2) is 24.3 Å². The van der Waals surface area contributed by atoms with Crippen LogP contribution < -0.4 is 0 Å². The molecular weight excluding hydrogens is 184 g/mol. The van der Waals surface area contributed by atoms with Crippen LogP contribution in [0.4, 0.5) is 0 Å². The van der Waals surface area contributed by atoms with Crippen LogP contribution in [0.25, 0.3) is 0 Å². The molecule has 0 N–H and O–H groups in total. The molecule has 1 nitrogen and oxygen atoms in total. The quantitative estimate of drug-likeness (QED) is 0.734. The van der Waals surface area contributed by atoms with Gasteiger partial charge in [-0.15, -0.1) is 0 Å². The van der Waals surface area contributed by atoms with Gasteiger partial charge in [0.1, 0.15) is 0 Å². The summed E-state index contributed by atoms with van der Waals surface area (Å²) in [6.07, 6.45) is 2.59. The van der Waals surface area contributed by atoms with E-state index in [1.54, 1.807) is 0 Å². The number of hydrogen-bond donors (Lipinski definition) is 0. The molecule has 2 atom stereocenters. The van der Waals surface area contributed by atoms with Crippen molar-refractivity contribution in [2.75, 3.05) is 6.61 Å². The molecule has 2 rings (SSSR count). The molecule has 1 aromatic rings. The van der Waals surface area contributed by atoms with Gasteiger partial charge in [-0.1, -0.05) is 38.1 Å². The van der Waals surface area contributed by atoms with Crippen LogP contribution in [0.2, 0.25) is 0 Å². The normalized spacial score (nSPS) is 29.1. The highest BCUT2D eigenvalue weighted by Crippen LogP contribution is 2.42. The van der Waals surface area contributed by atoms with Crippen LogP contribution in [0, 0.1) is 0 Å². The summed E-state index contributed by atoms with van der Waals surface area (Å²) < 4.78 is 5.89. The summed E-state index contributed by atoms with van der Waals surface area (Å²) in [5.74, 6) is 0. The zero-order valence-electron chi connectivity index (χ0n) is 9.92. The molecule has 1 heteroatoms. The number of fused-ring (bicyclic) bond motifs is 1. The first-order chi connectivity index (χ1) is 7.22. The fraction of sp³-hybridized carbons (Fsp3) is 0.571. The van der Waals surface area contributed by atoms with Crippen LogP contribution in [-0.2, 0) is 16.6 Å². The summed E-state index contributed by atoms with van der Waals surface area (Å²) in [6.45, 7) is 7.49. The first-order valence-corrected chi connectivity index (χ1v) is 5.92. The van der Waals surface area contributed by atoms with E-state index < -0.39 is 0 Å². The van der Waals surface area contributed by atoms with Crippen LogP contribution in [0.3, 0.4) is 0 Å². The monoisotopic (exact) mass is 204 g/mol. The molecule has 0 spiro atoms. The summed E-state index contributed by atoms with van der Waals surface area (Å²) in [5.41, 5.74) is 3.18. The van der Waals surface area contributed by atoms with Crippen molar-refractivity contribution >= 4 is 0 Å². The summed E-state index contributed by atoms with van der Waals surface area (Å²) in [4.78, 5) is 0. The van der Waals surface area contributed by atoms with E-state index in [0.29, 0.717) is 6.10 Å². The molecule has 15 heavy (non-hydrogen) atoms. The Morgan fingerprint density at radius 2 is 2.07 bits per heavy atom. The Labute approximate surface area is 92.5 Å². The van der Waals surface area contributed by atoms with Crippen molar-refractivity contribution < 1.29 is 4.74 Å². The van der Waals surface area contributed by atoms with Crippen LogP contribution in [0.1, 0.15) is 38.3 Å². The van der Waals surface area contributed by atoms with E-state index in [1.807, 2.05) is 0 Å². The molecule has 82 valence electrons. The smallest absolute Gasteiger partial charge is 0.0709 e. The summed E-state index contributed by atoms with van der Waals surface area (Å²) in [5, 5.41) is 0. The Bertz CT molecular complexity index is 345. The second kappa shape index (κ2) is 3.97. The van der Waals surface area contributed by atoms with Crippen LogP contribution in [0.5, 0.6) is 0 Å². The maximum atomic E-state index is 5.89. The van der Waals surface area contributed by atoms with Crippen LogP contribution >= 0.6 is 0 Å². The van der Waals surface area contributed by atoms with E-state index >= 15 is 0 Å². The lowest BCUT2D eigenvalue weighted by Gasteiger charge is -2.31. The van der Waals surface area contributed by atoms with Crippen molar-refractivity contribution in [3.05, 3.63) is 35.4 Å². The van der Waals surface area contributed by atoms with Crippen molar-refractivity contribution in [3.63, 3.8) is 0 Å². The average molecular weight is 204 g/mol. The molecule has 0 bridgehead atoms. The van der Waals surface area contributed by atoms with Gasteiger partial charge in [0.2, 0.25) is 0 Å². The van der Waals surface area contributed by atoms with Crippen molar-refractivity contribution in [1.82, 2.24) is 0 Å². The Hall–Kier alpha value is -0.820. The third-order valence-electron chi connectivity index (χ3n) is 3.85. The van der Waals surface area contributed by atoms with Gasteiger partial charge >= 0.3 is 0 Å². The van der Waals surface area contributed by atoms with Crippen molar-refractivity contribution in [2.24, 2.45) is 0 Å². The minimum Gasteiger partial charge on any atom is -0.377 e. The lowest BCUT2D eigenvalue weighted by Crippen LogP contribution is -2.34. The van der Waals surface area contributed by atoms with Gasteiger partial charge in [0.05, 0.1) is 6.10 Å². The predicted octanol–water partition coefficient (Wildman–Crippen LogP) is 3.32. The molecular formula is C14H20O. The van der Waals surface area contributed by atoms with Gasteiger partial charge in [0.15, 0.2) is 0 Å². The molecule has 0 radical (unpaired) electrons.